The molecule has 2 amide bonds. The number of amides is 2. The Balaban J connectivity index is 2.92. The predicted molar refractivity (Wildman–Crippen MR) is 71.7 cm³/mol. The molecule has 0 spiro atoms. The fraction of sp³-hybridized carbons (Fsp3) is 0.417. The van der Waals surface area contributed by atoms with Crippen molar-refractivity contribution in [3.63, 3.8) is 0 Å². The Kier molecular flexibility index (Phi) is 4.66. The van der Waals surface area contributed by atoms with E-state index in [0.717, 1.165) is 5.56 Å². The second-order valence-corrected chi connectivity index (χ2v) is 5.08. The van der Waals surface area contributed by atoms with E-state index in [1.165, 1.54) is 0 Å². The van der Waals surface area contributed by atoms with Gasteiger partial charge in [-0.15, -0.1) is 0 Å². The lowest BCUT2D eigenvalue weighted by Crippen LogP contribution is -2.46. The smallest absolute Gasteiger partial charge is 0.315 e. The van der Waals surface area contributed by atoms with Crippen molar-refractivity contribution >= 4 is 29.2 Å². The molecular weight excluding hydrogens is 259 g/mol. The number of hydrogen-bond acceptors (Lipinski definition) is 1. The molecule has 0 saturated heterocycles. The van der Waals surface area contributed by atoms with Gasteiger partial charge < -0.3 is 10.6 Å². The van der Waals surface area contributed by atoms with Gasteiger partial charge in [0.2, 0.25) is 0 Å². The van der Waals surface area contributed by atoms with Crippen LogP contribution >= 0.6 is 23.2 Å². The second kappa shape index (κ2) is 5.61. The molecule has 94 valence electrons. The highest BCUT2D eigenvalue weighted by molar-refractivity contribution is 6.35. The van der Waals surface area contributed by atoms with Crippen LogP contribution in [0.15, 0.2) is 18.2 Å². The maximum Gasteiger partial charge on any atom is 0.315 e. The first-order valence-corrected chi connectivity index (χ1v) is 6.14. The summed E-state index contributed by atoms with van der Waals surface area (Å²) in [5.41, 5.74) is 0.274. The van der Waals surface area contributed by atoms with Gasteiger partial charge in [-0.1, -0.05) is 29.3 Å². The van der Waals surface area contributed by atoms with E-state index in [4.69, 9.17) is 23.2 Å². The number of urea groups is 1. The Labute approximate surface area is 111 Å². The molecule has 0 fully saturated rings. The van der Waals surface area contributed by atoms with Crippen LogP contribution in [-0.2, 0) is 5.54 Å². The minimum atomic E-state index is -0.555. The Morgan fingerprint density at radius 1 is 1.35 bits per heavy atom. The largest absolute Gasteiger partial charge is 0.338 e. The van der Waals surface area contributed by atoms with Crippen molar-refractivity contribution in [2.45, 2.75) is 26.3 Å². The van der Waals surface area contributed by atoms with Gasteiger partial charge >= 0.3 is 6.03 Å². The number of hydrogen-bond donors (Lipinski definition) is 2. The monoisotopic (exact) mass is 274 g/mol. The topological polar surface area (TPSA) is 41.1 Å². The first kappa shape index (κ1) is 14.1. The van der Waals surface area contributed by atoms with Crippen LogP contribution < -0.4 is 10.6 Å². The number of rotatable bonds is 3. The summed E-state index contributed by atoms with van der Waals surface area (Å²) in [5.74, 6) is 0. The Morgan fingerprint density at radius 3 is 2.53 bits per heavy atom. The molecule has 1 aromatic carbocycles. The summed E-state index contributed by atoms with van der Waals surface area (Å²) < 4.78 is 0. The third kappa shape index (κ3) is 3.79. The van der Waals surface area contributed by atoms with Crippen molar-refractivity contribution in [1.82, 2.24) is 10.6 Å². The summed E-state index contributed by atoms with van der Waals surface area (Å²) in [6.07, 6.45) is 0. The van der Waals surface area contributed by atoms with E-state index in [2.05, 4.69) is 10.6 Å². The number of halogens is 2. The van der Waals surface area contributed by atoms with Gasteiger partial charge in [-0.25, -0.2) is 4.79 Å². The lowest BCUT2D eigenvalue weighted by molar-refractivity contribution is 0.230. The summed E-state index contributed by atoms with van der Waals surface area (Å²) in [6.45, 7) is 6.22. The van der Waals surface area contributed by atoms with E-state index >= 15 is 0 Å². The predicted octanol–water partition coefficient (Wildman–Crippen LogP) is 3.55. The first-order valence-electron chi connectivity index (χ1n) is 5.38. The zero-order chi connectivity index (χ0) is 13.1. The third-order valence-corrected chi connectivity index (χ3v) is 2.92. The first-order chi connectivity index (χ1) is 7.86. The van der Waals surface area contributed by atoms with Crippen LogP contribution in [-0.4, -0.2) is 12.6 Å². The highest BCUT2D eigenvalue weighted by Crippen LogP contribution is 2.29. The van der Waals surface area contributed by atoms with Gasteiger partial charge in [-0.05, 0) is 38.5 Å². The minimum Gasteiger partial charge on any atom is -0.338 e. The van der Waals surface area contributed by atoms with Gasteiger partial charge in [0.1, 0.15) is 0 Å². The van der Waals surface area contributed by atoms with Crippen LogP contribution in [0.25, 0.3) is 0 Å². The van der Waals surface area contributed by atoms with E-state index in [-0.39, 0.29) is 6.03 Å². The van der Waals surface area contributed by atoms with E-state index in [9.17, 15) is 4.79 Å². The van der Waals surface area contributed by atoms with Crippen LogP contribution in [0.5, 0.6) is 0 Å². The number of carbonyl (C=O) groups excluding carboxylic acids is 1. The number of benzene rings is 1. The fourth-order valence-corrected chi connectivity index (χ4v) is 2.20. The molecule has 0 saturated carbocycles. The maximum absolute atomic E-state index is 11.5. The van der Waals surface area contributed by atoms with Crippen molar-refractivity contribution in [3.8, 4) is 0 Å². The second-order valence-electron chi connectivity index (χ2n) is 4.23. The molecule has 1 aromatic rings. The molecule has 0 unspecified atom stereocenters. The fourth-order valence-electron chi connectivity index (χ4n) is 1.55. The molecule has 2 N–H and O–H groups in total. The maximum atomic E-state index is 11.5. The Morgan fingerprint density at radius 2 is 2.00 bits per heavy atom. The molecule has 17 heavy (non-hydrogen) atoms. The quantitative estimate of drug-likeness (QED) is 0.870. The SMILES string of the molecule is CCNC(=O)NC(C)(C)c1ccc(Cl)cc1Cl. The summed E-state index contributed by atoms with van der Waals surface area (Å²) >= 11 is 12.0. The highest BCUT2D eigenvalue weighted by atomic mass is 35.5. The molecule has 1 rings (SSSR count). The van der Waals surface area contributed by atoms with Gasteiger partial charge in [-0.2, -0.15) is 0 Å². The zero-order valence-electron chi connectivity index (χ0n) is 10.1. The van der Waals surface area contributed by atoms with Crippen LogP contribution in [0.4, 0.5) is 4.79 Å². The number of nitrogens with one attached hydrogen (secondary N) is 2. The lowest BCUT2D eigenvalue weighted by Gasteiger charge is -2.28. The average molecular weight is 275 g/mol. The van der Waals surface area contributed by atoms with Crippen LogP contribution in [0.2, 0.25) is 10.0 Å². The van der Waals surface area contributed by atoms with E-state index in [0.29, 0.717) is 16.6 Å². The molecule has 3 nitrogen and oxygen atoms in total. The molecule has 0 aromatic heterocycles. The Bertz CT molecular complexity index is 419. The number of carbonyl (C=O) groups is 1. The van der Waals surface area contributed by atoms with Gasteiger partial charge in [-0.3, -0.25) is 0 Å². The van der Waals surface area contributed by atoms with Crippen molar-refractivity contribution in [2.75, 3.05) is 6.54 Å². The van der Waals surface area contributed by atoms with Crippen LogP contribution in [0, 0.1) is 0 Å². The van der Waals surface area contributed by atoms with E-state index in [1.807, 2.05) is 26.8 Å². The molecule has 0 atom stereocenters. The molecule has 0 heterocycles. The molecular formula is C12H16Cl2N2O. The van der Waals surface area contributed by atoms with Crippen LogP contribution in [0.1, 0.15) is 26.3 Å². The molecule has 0 radical (unpaired) electrons. The van der Waals surface area contributed by atoms with Gasteiger partial charge in [0.05, 0.1) is 5.54 Å². The van der Waals surface area contributed by atoms with E-state index in [1.54, 1.807) is 12.1 Å². The normalized spacial score (nSPS) is 11.1. The molecule has 5 heteroatoms. The zero-order valence-corrected chi connectivity index (χ0v) is 11.6. The van der Waals surface area contributed by atoms with Crippen molar-refractivity contribution in [2.24, 2.45) is 0 Å². The molecule has 0 aliphatic heterocycles. The molecule has 0 bridgehead atoms. The van der Waals surface area contributed by atoms with Crippen LogP contribution in [0.3, 0.4) is 0 Å². The van der Waals surface area contributed by atoms with Crippen molar-refractivity contribution in [1.29, 1.82) is 0 Å². The molecule has 0 aliphatic carbocycles. The summed E-state index contributed by atoms with van der Waals surface area (Å²) in [7, 11) is 0. The summed E-state index contributed by atoms with van der Waals surface area (Å²) in [4.78, 5) is 11.5. The van der Waals surface area contributed by atoms with Gasteiger partial charge in [0.15, 0.2) is 0 Å². The van der Waals surface area contributed by atoms with Crippen molar-refractivity contribution < 1.29 is 4.79 Å². The third-order valence-electron chi connectivity index (χ3n) is 2.37. The molecule has 0 aliphatic rings. The van der Waals surface area contributed by atoms with Crippen molar-refractivity contribution in [3.05, 3.63) is 33.8 Å². The van der Waals surface area contributed by atoms with Gasteiger partial charge in [0, 0.05) is 16.6 Å². The standard InChI is InChI=1S/C12H16Cl2N2O/c1-4-15-11(17)16-12(2,3)9-6-5-8(13)7-10(9)14/h5-7H,4H2,1-3H3,(H2,15,16,17). The highest BCUT2D eigenvalue weighted by Gasteiger charge is 2.25. The average Bonchev–Trinajstić information content (AvgIpc) is 2.15. The van der Waals surface area contributed by atoms with Gasteiger partial charge in [0.25, 0.3) is 0 Å². The summed E-state index contributed by atoms with van der Waals surface area (Å²) in [6, 6.07) is 5.02. The minimum absolute atomic E-state index is 0.219. The lowest BCUT2D eigenvalue weighted by atomic mass is 9.94. The Hall–Kier alpha value is -0.930. The summed E-state index contributed by atoms with van der Waals surface area (Å²) in [5, 5.41) is 6.66. The van der Waals surface area contributed by atoms with E-state index < -0.39 is 5.54 Å².